The zero-order chi connectivity index (χ0) is 19.5. The Morgan fingerprint density at radius 1 is 1.19 bits per heavy atom. The molecule has 0 saturated carbocycles. The Bertz CT molecular complexity index is 663. The minimum atomic E-state index is -1.57. The highest BCUT2D eigenvalue weighted by molar-refractivity contribution is 6.35. The van der Waals surface area contributed by atoms with E-state index in [2.05, 4.69) is 5.32 Å². The maximum atomic E-state index is 14.9. The smallest absolute Gasteiger partial charge is 0.410 e. The lowest BCUT2D eigenvalue weighted by atomic mass is 9.93. The SMILES string of the molecule is CC(C)(C)OC(=O)N1CCC(F)(CNC(=O)c2cc(Cl)cc(Cl)c2)CC1. The number of amides is 2. The van der Waals surface area contributed by atoms with Gasteiger partial charge in [-0.2, -0.15) is 0 Å². The second-order valence-electron chi connectivity index (χ2n) is 7.46. The van der Waals surface area contributed by atoms with E-state index in [9.17, 15) is 14.0 Å². The number of likely N-dealkylation sites (tertiary alicyclic amines) is 1. The summed E-state index contributed by atoms with van der Waals surface area (Å²) in [5, 5.41) is 3.25. The van der Waals surface area contributed by atoms with Crippen molar-refractivity contribution in [1.29, 1.82) is 0 Å². The van der Waals surface area contributed by atoms with Gasteiger partial charge in [0.1, 0.15) is 11.3 Å². The molecule has 0 atom stereocenters. The third-order valence-electron chi connectivity index (χ3n) is 4.00. The van der Waals surface area contributed by atoms with Crippen molar-refractivity contribution in [3.63, 3.8) is 0 Å². The molecule has 0 aliphatic carbocycles. The van der Waals surface area contributed by atoms with E-state index >= 15 is 0 Å². The lowest BCUT2D eigenvalue weighted by Crippen LogP contribution is -2.50. The fourth-order valence-corrected chi connectivity index (χ4v) is 3.15. The molecule has 1 N–H and O–H groups in total. The maximum absolute atomic E-state index is 14.9. The molecule has 2 rings (SSSR count). The van der Waals surface area contributed by atoms with E-state index in [1.54, 1.807) is 20.8 Å². The molecule has 1 aliphatic heterocycles. The van der Waals surface area contributed by atoms with Gasteiger partial charge in [-0.05, 0) is 39.0 Å². The number of carbonyl (C=O) groups excluding carboxylic acids is 2. The molecule has 1 aromatic rings. The van der Waals surface area contributed by atoms with Gasteiger partial charge in [0.25, 0.3) is 5.91 Å². The monoisotopic (exact) mass is 404 g/mol. The van der Waals surface area contributed by atoms with Crippen LogP contribution in [0.3, 0.4) is 0 Å². The predicted octanol–water partition coefficient (Wildman–Crippen LogP) is 4.46. The Hall–Kier alpha value is -1.53. The van der Waals surface area contributed by atoms with Gasteiger partial charge >= 0.3 is 6.09 Å². The van der Waals surface area contributed by atoms with Crippen LogP contribution in [0, 0.1) is 0 Å². The lowest BCUT2D eigenvalue weighted by molar-refractivity contribution is 0.00339. The Kier molecular flexibility index (Phi) is 6.40. The van der Waals surface area contributed by atoms with Gasteiger partial charge in [-0.15, -0.1) is 0 Å². The highest BCUT2D eigenvalue weighted by Gasteiger charge is 2.37. The summed E-state index contributed by atoms with van der Waals surface area (Å²) in [6.45, 7) is 5.69. The molecule has 0 aromatic heterocycles. The fourth-order valence-electron chi connectivity index (χ4n) is 2.62. The summed E-state index contributed by atoms with van der Waals surface area (Å²) >= 11 is 11.7. The summed E-state index contributed by atoms with van der Waals surface area (Å²) in [5.74, 6) is -0.444. The quantitative estimate of drug-likeness (QED) is 0.808. The van der Waals surface area contributed by atoms with E-state index in [-0.39, 0.29) is 38.0 Å². The van der Waals surface area contributed by atoms with Crippen molar-refractivity contribution in [1.82, 2.24) is 10.2 Å². The summed E-state index contributed by atoms with van der Waals surface area (Å²) in [4.78, 5) is 25.7. The minimum absolute atomic E-state index is 0.128. The van der Waals surface area contributed by atoms with Crippen molar-refractivity contribution >= 4 is 35.2 Å². The molecular formula is C18H23Cl2FN2O3. The number of hydrogen-bond acceptors (Lipinski definition) is 3. The van der Waals surface area contributed by atoms with Crippen LogP contribution in [0.4, 0.5) is 9.18 Å². The van der Waals surface area contributed by atoms with Crippen LogP contribution in [0.2, 0.25) is 10.0 Å². The standard InChI is InChI=1S/C18H23Cl2FN2O3/c1-17(2,3)26-16(25)23-6-4-18(21,5-7-23)11-22-15(24)12-8-13(19)10-14(20)9-12/h8-10H,4-7,11H2,1-3H3,(H,22,24). The molecule has 1 aromatic carbocycles. The van der Waals surface area contributed by atoms with Gasteiger partial charge in [-0.25, -0.2) is 9.18 Å². The van der Waals surface area contributed by atoms with Crippen molar-refractivity contribution < 1.29 is 18.7 Å². The van der Waals surface area contributed by atoms with Crippen LogP contribution < -0.4 is 5.32 Å². The fraction of sp³-hybridized carbons (Fsp3) is 0.556. The first-order valence-corrected chi connectivity index (χ1v) is 9.14. The first kappa shape index (κ1) is 20.8. The molecule has 0 unspecified atom stereocenters. The van der Waals surface area contributed by atoms with Crippen molar-refractivity contribution in [2.45, 2.75) is 44.9 Å². The first-order valence-electron chi connectivity index (χ1n) is 8.39. The number of piperidine rings is 1. The van der Waals surface area contributed by atoms with Gasteiger partial charge in [-0.3, -0.25) is 4.79 Å². The van der Waals surface area contributed by atoms with Crippen molar-refractivity contribution in [3.05, 3.63) is 33.8 Å². The van der Waals surface area contributed by atoms with Gasteiger partial charge in [0.2, 0.25) is 0 Å². The van der Waals surface area contributed by atoms with Crippen LogP contribution >= 0.6 is 23.2 Å². The molecule has 0 spiro atoms. The minimum Gasteiger partial charge on any atom is -0.444 e. The molecule has 1 saturated heterocycles. The number of nitrogens with zero attached hydrogens (tertiary/aromatic N) is 1. The summed E-state index contributed by atoms with van der Waals surface area (Å²) in [5.41, 5.74) is -1.89. The van der Waals surface area contributed by atoms with Crippen LogP contribution in [-0.2, 0) is 4.74 Å². The molecule has 144 valence electrons. The number of ether oxygens (including phenoxy) is 1. The van der Waals surface area contributed by atoms with Crippen LogP contribution in [0.15, 0.2) is 18.2 Å². The van der Waals surface area contributed by atoms with E-state index in [4.69, 9.17) is 27.9 Å². The van der Waals surface area contributed by atoms with Crippen molar-refractivity contribution in [2.24, 2.45) is 0 Å². The van der Waals surface area contributed by atoms with Crippen LogP contribution in [0.5, 0.6) is 0 Å². The number of carbonyl (C=O) groups is 2. The highest BCUT2D eigenvalue weighted by Crippen LogP contribution is 2.27. The van der Waals surface area contributed by atoms with E-state index < -0.39 is 23.3 Å². The lowest BCUT2D eigenvalue weighted by Gasteiger charge is -2.37. The third kappa shape index (κ3) is 6.02. The summed E-state index contributed by atoms with van der Waals surface area (Å²) in [6, 6.07) is 4.46. The van der Waals surface area contributed by atoms with E-state index in [0.29, 0.717) is 10.0 Å². The molecule has 1 heterocycles. The topological polar surface area (TPSA) is 58.6 Å². The summed E-state index contributed by atoms with van der Waals surface area (Å²) in [6.07, 6.45) is -0.191. The van der Waals surface area contributed by atoms with Crippen molar-refractivity contribution in [3.8, 4) is 0 Å². The van der Waals surface area contributed by atoms with E-state index in [1.165, 1.54) is 23.1 Å². The van der Waals surface area contributed by atoms with Gasteiger partial charge in [0, 0.05) is 41.5 Å². The van der Waals surface area contributed by atoms with Crippen molar-refractivity contribution in [2.75, 3.05) is 19.6 Å². The molecule has 5 nitrogen and oxygen atoms in total. The number of hydrogen-bond donors (Lipinski definition) is 1. The average Bonchev–Trinajstić information content (AvgIpc) is 2.50. The van der Waals surface area contributed by atoms with Gasteiger partial charge in [-0.1, -0.05) is 23.2 Å². The molecule has 1 aliphatic rings. The van der Waals surface area contributed by atoms with Crippen LogP contribution in [0.1, 0.15) is 44.0 Å². The average molecular weight is 405 g/mol. The van der Waals surface area contributed by atoms with Crippen LogP contribution in [0.25, 0.3) is 0 Å². The molecule has 26 heavy (non-hydrogen) atoms. The highest BCUT2D eigenvalue weighted by atomic mass is 35.5. The third-order valence-corrected chi connectivity index (χ3v) is 4.44. The zero-order valence-corrected chi connectivity index (χ0v) is 16.6. The number of rotatable bonds is 3. The number of alkyl halides is 1. The Balaban J connectivity index is 1.87. The largest absolute Gasteiger partial charge is 0.444 e. The zero-order valence-electron chi connectivity index (χ0n) is 15.1. The molecular weight excluding hydrogens is 382 g/mol. The summed E-state index contributed by atoms with van der Waals surface area (Å²) in [7, 11) is 0. The molecule has 2 amide bonds. The second-order valence-corrected chi connectivity index (χ2v) is 8.33. The molecule has 0 bridgehead atoms. The number of nitrogens with one attached hydrogen (secondary N) is 1. The van der Waals surface area contributed by atoms with Crippen LogP contribution in [-0.4, -0.2) is 47.8 Å². The Labute approximate surface area is 162 Å². The predicted molar refractivity (Wildman–Crippen MR) is 99.7 cm³/mol. The molecule has 0 radical (unpaired) electrons. The maximum Gasteiger partial charge on any atom is 0.410 e. The van der Waals surface area contributed by atoms with E-state index in [0.717, 1.165) is 0 Å². The summed E-state index contributed by atoms with van der Waals surface area (Å²) < 4.78 is 20.2. The molecule has 8 heteroatoms. The van der Waals surface area contributed by atoms with E-state index in [1.807, 2.05) is 0 Å². The normalized spacial score (nSPS) is 16.9. The Morgan fingerprint density at radius 3 is 2.23 bits per heavy atom. The Morgan fingerprint density at radius 2 is 1.73 bits per heavy atom. The van der Waals surface area contributed by atoms with Gasteiger partial charge in [0.15, 0.2) is 0 Å². The van der Waals surface area contributed by atoms with Gasteiger partial charge < -0.3 is 15.0 Å². The second kappa shape index (κ2) is 8.01. The molecule has 1 fully saturated rings. The number of benzene rings is 1. The number of halogens is 3. The van der Waals surface area contributed by atoms with Gasteiger partial charge in [0.05, 0.1) is 6.54 Å². The first-order chi connectivity index (χ1) is 12.0.